The van der Waals surface area contributed by atoms with Gasteiger partial charge in [0.1, 0.15) is 0 Å². The summed E-state index contributed by atoms with van der Waals surface area (Å²) in [6, 6.07) is 16.8. The maximum atomic E-state index is 13.1. The highest BCUT2D eigenvalue weighted by atomic mass is 16.1. The van der Waals surface area contributed by atoms with Gasteiger partial charge in [0.15, 0.2) is 0 Å². The van der Waals surface area contributed by atoms with Crippen molar-refractivity contribution in [2.24, 2.45) is 7.05 Å². The van der Waals surface area contributed by atoms with Crippen LogP contribution >= 0.6 is 0 Å². The molecule has 6 nitrogen and oxygen atoms in total. The number of hydrogen-bond donors (Lipinski definition) is 0. The summed E-state index contributed by atoms with van der Waals surface area (Å²) in [7, 11) is 1.87. The molecule has 0 aliphatic carbocycles. The van der Waals surface area contributed by atoms with Gasteiger partial charge in [-0.15, -0.1) is 0 Å². The molecular formula is C24H25N5O. The molecule has 5 rings (SSSR count). The highest BCUT2D eigenvalue weighted by Crippen LogP contribution is 2.30. The fourth-order valence-electron chi connectivity index (χ4n) is 4.56. The largest absolute Gasteiger partial charge is 0.341 e. The molecule has 0 bridgehead atoms. The van der Waals surface area contributed by atoms with E-state index in [1.807, 2.05) is 17.7 Å². The number of anilines is 1. The van der Waals surface area contributed by atoms with Crippen molar-refractivity contribution < 1.29 is 0 Å². The van der Waals surface area contributed by atoms with E-state index in [1.54, 1.807) is 17.0 Å². The van der Waals surface area contributed by atoms with Crippen LogP contribution in [0.25, 0.3) is 22.2 Å². The van der Waals surface area contributed by atoms with Crippen LogP contribution in [0, 0.1) is 6.92 Å². The Morgan fingerprint density at radius 1 is 0.933 bits per heavy atom. The SMILES string of the molecule is Cc1ccccc1-c1ccc2c(c1)n(C)c(=O)n2C1CCN(c2ncccn2)CC1. The normalized spacial score (nSPS) is 15.1. The molecule has 0 spiro atoms. The lowest BCUT2D eigenvalue weighted by molar-refractivity contribution is 0.390. The van der Waals surface area contributed by atoms with Gasteiger partial charge in [-0.25, -0.2) is 14.8 Å². The number of benzene rings is 2. The Bertz CT molecular complexity index is 1250. The number of aromatic nitrogens is 4. The van der Waals surface area contributed by atoms with Crippen LogP contribution < -0.4 is 10.6 Å². The van der Waals surface area contributed by atoms with Crippen molar-refractivity contribution in [2.75, 3.05) is 18.0 Å². The zero-order valence-electron chi connectivity index (χ0n) is 17.3. The lowest BCUT2D eigenvalue weighted by Gasteiger charge is -2.32. The van der Waals surface area contributed by atoms with Gasteiger partial charge in [-0.05, 0) is 54.7 Å². The Hall–Kier alpha value is -3.41. The maximum absolute atomic E-state index is 13.1. The van der Waals surface area contributed by atoms with Gasteiger partial charge in [0.05, 0.1) is 11.0 Å². The standard InChI is InChI=1S/C24H25N5O/c1-17-6-3-4-7-20(17)18-8-9-21-22(16-18)27(2)24(30)29(21)19-10-14-28(15-11-19)23-25-12-5-13-26-23/h3-9,12-13,16,19H,10-11,14-15H2,1-2H3. The molecule has 2 aromatic carbocycles. The van der Waals surface area contributed by atoms with Gasteiger partial charge >= 0.3 is 5.69 Å². The second kappa shape index (κ2) is 7.44. The molecule has 0 N–H and O–H groups in total. The van der Waals surface area contributed by atoms with Gasteiger partial charge in [0.2, 0.25) is 5.95 Å². The zero-order valence-corrected chi connectivity index (χ0v) is 17.3. The van der Waals surface area contributed by atoms with Crippen LogP contribution in [0.1, 0.15) is 24.4 Å². The fraction of sp³-hybridized carbons (Fsp3) is 0.292. The third kappa shape index (κ3) is 3.09. The van der Waals surface area contributed by atoms with Gasteiger partial charge in [0, 0.05) is 38.6 Å². The van der Waals surface area contributed by atoms with Crippen LogP contribution in [-0.2, 0) is 7.05 Å². The Morgan fingerprint density at radius 2 is 1.67 bits per heavy atom. The molecule has 2 aromatic heterocycles. The quantitative estimate of drug-likeness (QED) is 0.524. The van der Waals surface area contributed by atoms with Gasteiger partial charge < -0.3 is 4.90 Å². The molecule has 30 heavy (non-hydrogen) atoms. The molecule has 0 amide bonds. The van der Waals surface area contributed by atoms with E-state index in [0.717, 1.165) is 48.5 Å². The third-order valence-corrected chi connectivity index (χ3v) is 6.21. The summed E-state index contributed by atoms with van der Waals surface area (Å²) in [5.74, 6) is 0.768. The zero-order chi connectivity index (χ0) is 20.7. The van der Waals surface area contributed by atoms with E-state index in [2.05, 4.69) is 64.3 Å². The summed E-state index contributed by atoms with van der Waals surface area (Å²) < 4.78 is 3.77. The number of fused-ring (bicyclic) bond motifs is 1. The minimum atomic E-state index is 0.0568. The van der Waals surface area contributed by atoms with Crippen molar-refractivity contribution in [3.63, 3.8) is 0 Å². The van der Waals surface area contributed by atoms with Crippen molar-refractivity contribution in [3.05, 3.63) is 77.0 Å². The van der Waals surface area contributed by atoms with E-state index < -0.39 is 0 Å². The van der Waals surface area contributed by atoms with Crippen LogP contribution in [-0.4, -0.2) is 32.2 Å². The minimum Gasteiger partial charge on any atom is -0.341 e. The molecule has 6 heteroatoms. The molecule has 4 aromatic rings. The minimum absolute atomic E-state index is 0.0568. The molecule has 1 aliphatic rings. The van der Waals surface area contributed by atoms with Gasteiger partial charge in [-0.3, -0.25) is 9.13 Å². The fourth-order valence-corrected chi connectivity index (χ4v) is 4.56. The van der Waals surface area contributed by atoms with Crippen LogP contribution in [0.4, 0.5) is 5.95 Å². The monoisotopic (exact) mass is 399 g/mol. The molecule has 0 unspecified atom stereocenters. The first-order valence-electron chi connectivity index (χ1n) is 10.4. The van der Waals surface area contributed by atoms with Crippen molar-refractivity contribution in [2.45, 2.75) is 25.8 Å². The van der Waals surface area contributed by atoms with Gasteiger partial charge in [-0.1, -0.05) is 30.3 Å². The van der Waals surface area contributed by atoms with Gasteiger partial charge in [0.25, 0.3) is 0 Å². The lowest BCUT2D eigenvalue weighted by atomic mass is 10.00. The molecule has 1 saturated heterocycles. The Balaban J connectivity index is 1.48. The molecule has 0 radical (unpaired) electrons. The topological polar surface area (TPSA) is 56.0 Å². The Labute approximate surface area is 175 Å². The molecule has 0 atom stereocenters. The average molecular weight is 399 g/mol. The highest BCUT2D eigenvalue weighted by Gasteiger charge is 2.25. The highest BCUT2D eigenvalue weighted by molar-refractivity contribution is 5.83. The summed E-state index contributed by atoms with van der Waals surface area (Å²) in [4.78, 5) is 24.1. The Kier molecular flexibility index (Phi) is 4.62. The smallest absolute Gasteiger partial charge is 0.329 e. The first-order valence-corrected chi connectivity index (χ1v) is 10.4. The van der Waals surface area contributed by atoms with Crippen LogP contribution in [0.3, 0.4) is 0 Å². The first kappa shape index (κ1) is 18.6. The van der Waals surface area contributed by atoms with Crippen LogP contribution in [0.15, 0.2) is 65.7 Å². The number of hydrogen-bond acceptors (Lipinski definition) is 4. The van der Waals surface area contributed by atoms with E-state index in [4.69, 9.17) is 0 Å². The van der Waals surface area contributed by atoms with E-state index in [0.29, 0.717) is 0 Å². The van der Waals surface area contributed by atoms with Crippen LogP contribution in [0.5, 0.6) is 0 Å². The van der Waals surface area contributed by atoms with E-state index in [1.165, 1.54) is 11.1 Å². The van der Waals surface area contributed by atoms with E-state index >= 15 is 0 Å². The van der Waals surface area contributed by atoms with E-state index in [-0.39, 0.29) is 11.7 Å². The van der Waals surface area contributed by atoms with Crippen molar-refractivity contribution in [1.82, 2.24) is 19.1 Å². The molecular weight excluding hydrogens is 374 g/mol. The summed E-state index contributed by atoms with van der Waals surface area (Å²) in [6.07, 6.45) is 5.35. The van der Waals surface area contributed by atoms with Crippen molar-refractivity contribution >= 4 is 17.0 Å². The molecule has 0 saturated carbocycles. The number of piperidine rings is 1. The number of aryl methyl sites for hydroxylation is 2. The summed E-state index contributed by atoms with van der Waals surface area (Å²) in [5.41, 5.74) is 5.63. The molecule has 3 heterocycles. The van der Waals surface area contributed by atoms with Crippen molar-refractivity contribution in [3.8, 4) is 11.1 Å². The van der Waals surface area contributed by atoms with Crippen molar-refractivity contribution in [1.29, 1.82) is 0 Å². The second-order valence-electron chi connectivity index (χ2n) is 8.00. The van der Waals surface area contributed by atoms with E-state index in [9.17, 15) is 4.79 Å². The number of rotatable bonds is 3. The second-order valence-corrected chi connectivity index (χ2v) is 8.00. The first-order chi connectivity index (χ1) is 14.6. The van der Waals surface area contributed by atoms with Gasteiger partial charge in [-0.2, -0.15) is 0 Å². The average Bonchev–Trinajstić information content (AvgIpc) is 3.04. The number of nitrogens with zero attached hydrogens (tertiary/aromatic N) is 5. The predicted molar refractivity (Wildman–Crippen MR) is 120 cm³/mol. The maximum Gasteiger partial charge on any atom is 0.329 e. The summed E-state index contributed by atoms with van der Waals surface area (Å²) in [6.45, 7) is 3.81. The molecule has 152 valence electrons. The number of imidazole rings is 1. The summed E-state index contributed by atoms with van der Waals surface area (Å²) >= 11 is 0. The molecule has 1 aliphatic heterocycles. The third-order valence-electron chi connectivity index (χ3n) is 6.21. The molecule has 1 fully saturated rings. The predicted octanol–water partition coefficient (Wildman–Crippen LogP) is 3.95. The Morgan fingerprint density at radius 3 is 2.40 bits per heavy atom. The van der Waals surface area contributed by atoms with Crippen LogP contribution in [0.2, 0.25) is 0 Å². The summed E-state index contributed by atoms with van der Waals surface area (Å²) in [5, 5.41) is 0. The lowest BCUT2D eigenvalue weighted by Crippen LogP contribution is -2.38.